The van der Waals surface area contributed by atoms with E-state index in [1.165, 1.54) is 23.5 Å². The Hall–Kier alpha value is -2.71. The number of halogens is 1. The van der Waals surface area contributed by atoms with Gasteiger partial charge in [0.25, 0.3) is 10.0 Å². The first-order valence-corrected chi connectivity index (χ1v) is 10.5. The maximum Gasteiger partial charge on any atom is 0.343 e. The topological polar surface area (TPSA) is 76.6 Å². The first-order chi connectivity index (χ1) is 13.3. The second-order valence-corrected chi connectivity index (χ2v) is 8.73. The maximum absolute atomic E-state index is 12.8. The van der Waals surface area contributed by atoms with Crippen LogP contribution in [0.15, 0.2) is 76.4 Å². The van der Waals surface area contributed by atoms with E-state index in [4.69, 9.17) is 4.74 Å². The highest BCUT2D eigenvalue weighted by Crippen LogP contribution is 2.25. The number of anilines is 1. The first kappa shape index (κ1) is 20.0. The number of nitrogens with zero attached hydrogens (tertiary/aromatic N) is 2. The molecule has 0 N–H and O–H groups in total. The molecule has 0 amide bonds. The maximum atomic E-state index is 12.8. The fourth-order valence-corrected chi connectivity index (χ4v) is 3.95. The number of aromatic nitrogens is 1. The summed E-state index contributed by atoms with van der Waals surface area (Å²) in [6, 6.07) is 16.0. The van der Waals surface area contributed by atoms with Gasteiger partial charge < -0.3 is 4.74 Å². The van der Waals surface area contributed by atoms with Crippen LogP contribution in [-0.2, 0) is 10.0 Å². The van der Waals surface area contributed by atoms with Gasteiger partial charge in [-0.15, -0.1) is 0 Å². The molecule has 0 saturated heterocycles. The largest absolute Gasteiger partial charge is 0.420 e. The number of aryl methyl sites for hydroxylation is 1. The molecule has 0 spiro atoms. The standard InChI is InChI=1S/C20H17BrN2O4S/c1-14-5-11-17(12-6-14)28(25,26)23(2)16-9-7-15(8-10-16)20(24)27-18-4-3-13-22-19(18)21/h3-13H,1-2H3. The van der Waals surface area contributed by atoms with Gasteiger partial charge in [0, 0.05) is 13.2 Å². The second kappa shape index (κ2) is 8.12. The van der Waals surface area contributed by atoms with Crippen molar-refractivity contribution in [3.8, 4) is 5.75 Å². The van der Waals surface area contributed by atoms with Gasteiger partial charge in [-0.2, -0.15) is 0 Å². The fraction of sp³-hybridized carbons (Fsp3) is 0.100. The van der Waals surface area contributed by atoms with Crippen molar-refractivity contribution in [2.75, 3.05) is 11.4 Å². The van der Waals surface area contributed by atoms with E-state index >= 15 is 0 Å². The zero-order valence-corrected chi connectivity index (χ0v) is 17.6. The summed E-state index contributed by atoms with van der Waals surface area (Å²) in [5.74, 6) is -0.264. The van der Waals surface area contributed by atoms with Crippen LogP contribution in [0.2, 0.25) is 0 Å². The Morgan fingerprint density at radius 3 is 2.29 bits per heavy atom. The van der Waals surface area contributed by atoms with Crippen LogP contribution in [0.3, 0.4) is 0 Å². The average molecular weight is 461 g/mol. The summed E-state index contributed by atoms with van der Waals surface area (Å²) < 4.78 is 32.4. The Labute approximate surface area is 172 Å². The molecule has 0 atom stereocenters. The molecule has 0 bridgehead atoms. The SMILES string of the molecule is Cc1ccc(S(=O)(=O)N(C)c2ccc(C(=O)Oc3cccnc3Br)cc2)cc1. The van der Waals surface area contributed by atoms with E-state index in [9.17, 15) is 13.2 Å². The monoisotopic (exact) mass is 460 g/mol. The van der Waals surface area contributed by atoms with E-state index in [1.54, 1.807) is 54.7 Å². The highest BCUT2D eigenvalue weighted by molar-refractivity contribution is 9.10. The Bertz CT molecular complexity index is 1100. The van der Waals surface area contributed by atoms with Gasteiger partial charge in [-0.3, -0.25) is 4.31 Å². The summed E-state index contributed by atoms with van der Waals surface area (Å²) in [5.41, 5.74) is 1.70. The number of hydrogen-bond donors (Lipinski definition) is 0. The van der Waals surface area contributed by atoms with Crippen LogP contribution in [0.25, 0.3) is 0 Å². The van der Waals surface area contributed by atoms with Gasteiger partial charge in [-0.05, 0) is 71.4 Å². The van der Waals surface area contributed by atoms with Crippen LogP contribution >= 0.6 is 15.9 Å². The zero-order valence-electron chi connectivity index (χ0n) is 15.2. The quantitative estimate of drug-likeness (QED) is 0.421. The third-order valence-electron chi connectivity index (χ3n) is 4.07. The molecule has 0 aliphatic rings. The molecule has 0 saturated carbocycles. The summed E-state index contributed by atoms with van der Waals surface area (Å²) in [6.07, 6.45) is 1.57. The van der Waals surface area contributed by atoms with Crippen molar-refractivity contribution >= 4 is 37.6 Å². The Morgan fingerprint density at radius 2 is 1.68 bits per heavy atom. The molecule has 3 aromatic rings. The molecule has 8 heteroatoms. The normalized spacial score (nSPS) is 11.1. The van der Waals surface area contributed by atoms with Gasteiger partial charge in [0.05, 0.1) is 16.1 Å². The van der Waals surface area contributed by atoms with E-state index in [0.717, 1.165) is 5.56 Å². The zero-order chi connectivity index (χ0) is 20.3. The molecule has 0 fully saturated rings. The summed E-state index contributed by atoms with van der Waals surface area (Å²) in [4.78, 5) is 16.5. The molecule has 1 heterocycles. The lowest BCUT2D eigenvalue weighted by Gasteiger charge is -2.19. The Kier molecular flexibility index (Phi) is 5.81. The molecule has 28 heavy (non-hydrogen) atoms. The number of esters is 1. The predicted octanol–water partition coefficient (Wildman–Crippen LogP) is 4.20. The summed E-state index contributed by atoms with van der Waals surface area (Å²) in [5, 5.41) is 0. The van der Waals surface area contributed by atoms with Gasteiger partial charge in [0.2, 0.25) is 0 Å². The lowest BCUT2D eigenvalue weighted by atomic mass is 10.2. The molecular weight excluding hydrogens is 444 g/mol. The van der Waals surface area contributed by atoms with Crippen LogP contribution in [0.5, 0.6) is 5.75 Å². The van der Waals surface area contributed by atoms with Crippen molar-refractivity contribution in [3.05, 3.63) is 82.6 Å². The smallest absolute Gasteiger partial charge is 0.343 e. The van der Waals surface area contributed by atoms with E-state index < -0.39 is 16.0 Å². The van der Waals surface area contributed by atoms with E-state index in [2.05, 4.69) is 20.9 Å². The number of ether oxygens (including phenoxy) is 1. The molecule has 3 rings (SSSR count). The van der Waals surface area contributed by atoms with Crippen LogP contribution in [-0.4, -0.2) is 26.4 Å². The van der Waals surface area contributed by atoms with Gasteiger partial charge >= 0.3 is 5.97 Å². The van der Waals surface area contributed by atoms with Crippen LogP contribution in [0.4, 0.5) is 5.69 Å². The van der Waals surface area contributed by atoms with E-state index in [1.807, 2.05) is 6.92 Å². The number of rotatable bonds is 5. The van der Waals surface area contributed by atoms with Crippen molar-refractivity contribution in [2.24, 2.45) is 0 Å². The van der Waals surface area contributed by atoms with E-state index in [0.29, 0.717) is 21.6 Å². The number of hydrogen-bond acceptors (Lipinski definition) is 5. The highest BCUT2D eigenvalue weighted by atomic mass is 79.9. The average Bonchev–Trinajstić information content (AvgIpc) is 2.69. The number of carbonyl (C=O) groups is 1. The minimum atomic E-state index is -3.69. The van der Waals surface area contributed by atoms with Crippen LogP contribution in [0.1, 0.15) is 15.9 Å². The lowest BCUT2D eigenvalue weighted by molar-refractivity contribution is 0.0733. The van der Waals surface area contributed by atoms with Gasteiger partial charge in [-0.1, -0.05) is 17.7 Å². The Balaban J connectivity index is 1.79. The van der Waals surface area contributed by atoms with Crippen molar-refractivity contribution in [1.29, 1.82) is 0 Å². The summed E-state index contributed by atoms with van der Waals surface area (Å²) in [7, 11) is -2.23. The number of pyridine rings is 1. The predicted molar refractivity (Wildman–Crippen MR) is 110 cm³/mol. The van der Waals surface area contributed by atoms with E-state index in [-0.39, 0.29) is 4.90 Å². The van der Waals surface area contributed by atoms with Crippen molar-refractivity contribution in [3.63, 3.8) is 0 Å². The van der Waals surface area contributed by atoms with Gasteiger partial charge in [0.1, 0.15) is 4.60 Å². The molecular formula is C20H17BrN2O4S. The molecule has 6 nitrogen and oxygen atoms in total. The molecule has 0 aliphatic carbocycles. The van der Waals surface area contributed by atoms with Crippen molar-refractivity contribution in [2.45, 2.75) is 11.8 Å². The molecule has 2 aromatic carbocycles. The summed E-state index contributed by atoms with van der Waals surface area (Å²) in [6.45, 7) is 1.89. The third kappa shape index (κ3) is 4.23. The minimum Gasteiger partial charge on any atom is -0.420 e. The first-order valence-electron chi connectivity index (χ1n) is 8.27. The van der Waals surface area contributed by atoms with Crippen molar-refractivity contribution in [1.82, 2.24) is 4.98 Å². The number of carbonyl (C=O) groups excluding carboxylic acids is 1. The highest BCUT2D eigenvalue weighted by Gasteiger charge is 2.21. The van der Waals surface area contributed by atoms with Gasteiger partial charge in [-0.25, -0.2) is 18.2 Å². The molecule has 0 unspecified atom stereocenters. The van der Waals surface area contributed by atoms with Crippen molar-refractivity contribution < 1.29 is 17.9 Å². The summed E-state index contributed by atoms with van der Waals surface area (Å²) >= 11 is 3.21. The third-order valence-corrected chi connectivity index (χ3v) is 6.47. The van der Waals surface area contributed by atoms with Gasteiger partial charge in [0.15, 0.2) is 5.75 Å². The molecule has 144 valence electrons. The Morgan fingerprint density at radius 1 is 1.04 bits per heavy atom. The number of sulfonamides is 1. The second-order valence-electron chi connectivity index (χ2n) is 6.01. The molecule has 1 aromatic heterocycles. The molecule has 0 aliphatic heterocycles. The minimum absolute atomic E-state index is 0.200. The lowest BCUT2D eigenvalue weighted by Crippen LogP contribution is -2.26. The fourth-order valence-electron chi connectivity index (χ4n) is 2.42. The number of benzene rings is 2. The molecule has 0 radical (unpaired) electrons. The van der Waals surface area contributed by atoms with Crippen LogP contribution in [0, 0.1) is 6.92 Å². The van der Waals surface area contributed by atoms with Crippen LogP contribution < -0.4 is 9.04 Å².